The van der Waals surface area contributed by atoms with Gasteiger partial charge < -0.3 is 15.4 Å². The summed E-state index contributed by atoms with van der Waals surface area (Å²) in [7, 11) is 0. The zero-order valence-electron chi connectivity index (χ0n) is 9.43. The molecule has 0 saturated heterocycles. The number of imidazole rings is 1. The molecule has 0 amide bonds. The van der Waals surface area contributed by atoms with Gasteiger partial charge in [0.05, 0.1) is 31.6 Å². The van der Waals surface area contributed by atoms with Gasteiger partial charge in [-0.1, -0.05) is 0 Å². The summed E-state index contributed by atoms with van der Waals surface area (Å²) in [6, 6.07) is 0. The van der Waals surface area contributed by atoms with Crippen LogP contribution in [-0.2, 0) is 13.1 Å². The van der Waals surface area contributed by atoms with Crippen LogP contribution in [0.1, 0.15) is 5.82 Å². The predicted molar refractivity (Wildman–Crippen MR) is 69.2 cm³/mol. The van der Waals surface area contributed by atoms with Gasteiger partial charge in [0.2, 0.25) is 0 Å². The summed E-state index contributed by atoms with van der Waals surface area (Å²) in [6.07, 6.45) is 4.91. The molecule has 0 spiro atoms. The first-order chi connectivity index (χ1) is 8.72. The van der Waals surface area contributed by atoms with Crippen LogP contribution in [0.25, 0.3) is 0 Å². The van der Waals surface area contributed by atoms with Crippen LogP contribution >= 0.6 is 15.9 Å². The van der Waals surface area contributed by atoms with Gasteiger partial charge >= 0.3 is 0 Å². The molecule has 2 rings (SSSR count). The maximum atomic E-state index is 11.8. The molecule has 0 aliphatic rings. The molecule has 7 nitrogen and oxygen atoms in total. The fourth-order valence-electron chi connectivity index (χ4n) is 1.42. The Kier molecular flexibility index (Phi) is 4.11. The van der Waals surface area contributed by atoms with E-state index in [1.807, 2.05) is 0 Å². The Hall–Kier alpha value is -1.67. The zero-order chi connectivity index (χ0) is 13.0. The van der Waals surface area contributed by atoms with Crippen LogP contribution in [0.2, 0.25) is 0 Å². The highest BCUT2D eigenvalue weighted by Crippen LogP contribution is 2.16. The van der Waals surface area contributed by atoms with E-state index in [0.717, 1.165) is 5.82 Å². The molecule has 0 aliphatic carbocycles. The maximum absolute atomic E-state index is 11.8. The van der Waals surface area contributed by atoms with E-state index in [1.54, 1.807) is 12.4 Å². The highest BCUT2D eigenvalue weighted by Gasteiger charge is 2.08. The fraction of sp³-hybridized carbons (Fsp3) is 0.300. The lowest BCUT2D eigenvalue weighted by atomic mass is 10.4. The normalized spacial score (nSPS) is 10.6. The largest absolute Gasteiger partial charge is 0.394 e. The second kappa shape index (κ2) is 5.78. The van der Waals surface area contributed by atoms with Crippen LogP contribution in [0, 0.1) is 0 Å². The average molecular weight is 314 g/mol. The molecular formula is C10H12BrN5O2. The van der Waals surface area contributed by atoms with Gasteiger partial charge in [0.15, 0.2) is 0 Å². The molecule has 0 radical (unpaired) electrons. The fourth-order valence-corrected chi connectivity index (χ4v) is 1.86. The minimum Gasteiger partial charge on any atom is -0.394 e. The number of aliphatic hydroxyl groups is 1. The summed E-state index contributed by atoms with van der Waals surface area (Å²) in [5.41, 5.74) is 0.305. The Morgan fingerprint density at radius 3 is 3.06 bits per heavy atom. The lowest BCUT2D eigenvalue weighted by Crippen LogP contribution is -2.25. The molecule has 0 unspecified atom stereocenters. The molecule has 96 valence electrons. The minimum absolute atomic E-state index is 0.126. The topological polar surface area (TPSA) is 95.8 Å². The molecule has 0 aromatic carbocycles. The van der Waals surface area contributed by atoms with Crippen LogP contribution in [0.5, 0.6) is 0 Å². The molecule has 0 aliphatic heterocycles. The summed E-state index contributed by atoms with van der Waals surface area (Å²) < 4.78 is 1.58. The van der Waals surface area contributed by atoms with Crippen LogP contribution in [0.4, 0.5) is 5.69 Å². The lowest BCUT2D eigenvalue weighted by molar-refractivity contribution is 0.266. The molecule has 0 saturated carbocycles. The Morgan fingerprint density at radius 2 is 2.39 bits per heavy atom. The number of nitrogens with one attached hydrogen (secondary N) is 2. The Bertz CT molecular complexity index is 566. The number of rotatable bonds is 5. The molecule has 2 aromatic rings. The van der Waals surface area contributed by atoms with Crippen LogP contribution in [-0.4, -0.2) is 31.5 Å². The molecule has 0 bridgehead atoms. The van der Waals surface area contributed by atoms with Gasteiger partial charge in [-0.3, -0.25) is 4.79 Å². The van der Waals surface area contributed by atoms with E-state index in [1.165, 1.54) is 10.9 Å². The molecule has 0 atom stereocenters. The minimum atomic E-state index is -0.284. The monoisotopic (exact) mass is 313 g/mol. The Labute approximate surface area is 111 Å². The van der Waals surface area contributed by atoms with E-state index in [2.05, 4.69) is 36.3 Å². The summed E-state index contributed by atoms with van der Waals surface area (Å²) >= 11 is 3.22. The number of H-pyrrole nitrogens is 1. The molecule has 2 heterocycles. The van der Waals surface area contributed by atoms with Crippen LogP contribution in [0.15, 0.2) is 27.9 Å². The SMILES string of the molecule is O=c1c(Br)c(NCc2ncc[nH]2)cnn1CCO. The number of halogens is 1. The van der Waals surface area contributed by atoms with Crippen molar-refractivity contribution >= 4 is 21.6 Å². The number of hydrogen-bond donors (Lipinski definition) is 3. The first-order valence-electron chi connectivity index (χ1n) is 5.31. The van der Waals surface area contributed by atoms with Crippen molar-refractivity contribution in [2.75, 3.05) is 11.9 Å². The summed E-state index contributed by atoms with van der Waals surface area (Å²) in [5.74, 6) is 0.765. The number of anilines is 1. The predicted octanol–water partition coefficient (Wildman–Crippen LogP) is 0.333. The van der Waals surface area contributed by atoms with E-state index < -0.39 is 0 Å². The summed E-state index contributed by atoms with van der Waals surface area (Å²) in [4.78, 5) is 18.8. The van der Waals surface area contributed by atoms with Gasteiger partial charge in [-0.05, 0) is 15.9 Å². The van der Waals surface area contributed by atoms with Crippen molar-refractivity contribution in [3.8, 4) is 0 Å². The van der Waals surface area contributed by atoms with Crippen molar-refractivity contribution < 1.29 is 5.11 Å². The second-order valence-electron chi connectivity index (χ2n) is 3.51. The van der Waals surface area contributed by atoms with E-state index in [0.29, 0.717) is 16.7 Å². The lowest BCUT2D eigenvalue weighted by Gasteiger charge is -2.08. The number of aromatic amines is 1. The quantitative estimate of drug-likeness (QED) is 0.739. The third-order valence-corrected chi connectivity index (χ3v) is 3.06. The van der Waals surface area contributed by atoms with Gasteiger partial charge in [0.1, 0.15) is 10.3 Å². The molecular weight excluding hydrogens is 302 g/mol. The van der Waals surface area contributed by atoms with Crippen molar-refractivity contribution in [2.24, 2.45) is 0 Å². The van der Waals surface area contributed by atoms with Crippen LogP contribution in [0.3, 0.4) is 0 Å². The van der Waals surface area contributed by atoms with Gasteiger partial charge in [-0.15, -0.1) is 0 Å². The maximum Gasteiger partial charge on any atom is 0.283 e. The first-order valence-corrected chi connectivity index (χ1v) is 6.10. The molecule has 3 N–H and O–H groups in total. The second-order valence-corrected chi connectivity index (χ2v) is 4.31. The van der Waals surface area contributed by atoms with Gasteiger partial charge in [0.25, 0.3) is 5.56 Å². The average Bonchev–Trinajstić information content (AvgIpc) is 2.87. The number of aromatic nitrogens is 4. The van der Waals surface area contributed by atoms with Crippen molar-refractivity contribution in [3.63, 3.8) is 0 Å². The Morgan fingerprint density at radius 1 is 1.56 bits per heavy atom. The first kappa shape index (κ1) is 12.8. The number of aliphatic hydroxyl groups excluding tert-OH is 1. The van der Waals surface area contributed by atoms with Crippen molar-refractivity contribution in [1.29, 1.82) is 0 Å². The molecule has 8 heteroatoms. The molecule has 0 fully saturated rings. The highest BCUT2D eigenvalue weighted by molar-refractivity contribution is 9.10. The third kappa shape index (κ3) is 2.77. The smallest absolute Gasteiger partial charge is 0.283 e. The number of hydrogen-bond acceptors (Lipinski definition) is 5. The number of nitrogens with zero attached hydrogens (tertiary/aromatic N) is 3. The zero-order valence-corrected chi connectivity index (χ0v) is 11.0. The van der Waals surface area contributed by atoms with Gasteiger partial charge in [-0.2, -0.15) is 5.10 Å². The molecule has 2 aromatic heterocycles. The summed E-state index contributed by atoms with van der Waals surface area (Å²) in [5, 5.41) is 15.8. The van der Waals surface area contributed by atoms with E-state index >= 15 is 0 Å². The summed E-state index contributed by atoms with van der Waals surface area (Å²) in [6.45, 7) is 0.519. The van der Waals surface area contributed by atoms with Gasteiger partial charge in [-0.25, -0.2) is 9.67 Å². The van der Waals surface area contributed by atoms with E-state index in [4.69, 9.17) is 5.11 Å². The third-order valence-electron chi connectivity index (χ3n) is 2.30. The van der Waals surface area contributed by atoms with E-state index in [9.17, 15) is 4.79 Å². The Balaban J connectivity index is 2.14. The molecule has 18 heavy (non-hydrogen) atoms. The van der Waals surface area contributed by atoms with Crippen molar-refractivity contribution in [3.05, 3.63) is 39.2 Å². The van der Waals surface area contributed by atoms with Gasteiger partial charge in [0, 0.05) is 12.4 Å². The van der Waals surface area contributed by atoms with Crippen LogP contribution < -0.4 is 10.9 Å². The van der Waals surface area contributed by atoms with Crippen molar-refractivity contribution in [2.45, 2.75) is 13.1 Å². The van der Waals surface area contributed by atoms with Crippen molar-refractivity contribution in [1.82, 2.24) is 19.7 Å². The highest BCUT2D eigenvalue weighted by atomic mass is 79.9. The van der Waals surface area contributed by atoms with E-state index in [-0.39, 0.29) is 18.7 Å². The standard InChI is InChI=1S/C10H12BrN5O2/c11-9-7(14-6-8-12-1-2-13-8)5-15-16(3-4-17)10(9)18/h1-2,5,14,17H,3-4,6H2,(H,12,13).